The van der Waals surface area contributed by atoms with Crippen molar-refractivity contribution < 1.29 is 28.6 Å². The molecule has 1 aromatic carbocycles. The molecule has 12 heteroatoms. The second kappa shape index (κ2) is 8.46. The number of ether oxygens (including phenoxy) is 1. The van der Waals surface area contributed by atoms with E-state index < -0.39 is 11.6 Å². The van der Waals surface area contributed by atoms with E-state index in [9.17, 15) is 24.7 Å². The van der Waals surface area contributed by atoms with Gasteiger partial charge in [0.25, 0.3) is 5.91 Å². The third-order valence-electron chi connectivity index (χ3n) is 7.26. The van der Waals surface area contributed by atoms with Crippen molar-refractivity contribution in [2.45, 2.75) is 31.0 Å². The predicted octanol–water partition coefficient (Wildman–Crippen LogP) is 1.70. The van der Waals surface area contributed by atoms with Gasteiger partial charge in [-0.15, -0.1) is 0 Å². The number of carbonyl (C=O) groups excluding carboxylic acids is 3. The first-order chi connectivity index (χ1) is 17.8. The van der Waals surface area contributed by atoms with Gasteiger partial charge >= 0.3 is 6.03 Å². The summed E-state index contributed by atoms with van der Waals surface area (Å²) in [5.74, 6) is 0.843. The molecule has 37 heavy (non-hydrogen) atoms. The number of hydroxylamine groups is 2. The molecule has 3 aliphatic heterocycles. The molecule has 12 nitrogen and oxygen atoms in total. The van der Waals surface area contributed by atoms with Gasteiger partial charge in [0, 0.05) is 31.1 Å². The van der Waals surface area contributed by atoms with Crippen LogP contribution in [0, 0.1) is 5.21 Å². The fraction of sp³-hybridized carbons (Fsp3) is 0.360. The Balaban J connectivity index is 1.35. The van der Waals surface area contributed by atoms with Crippen molar-refractivity contribution in [3.63, 3.8) is 0 Å². The van der Waals surface area contributed by atoms with Gasteiger partial charge < -0.3 is 34.7 Å². The lowest BCUT2D eigenvalue weighted by molar-refractivity contribution is -0.117. The molecule has 3 aliphatic rings. The molecular formula is C25H24N5O7-. The van der Waals surface area contributed by atoms with Crippen molar-refractivity contribution in [1.82, 2.24) is 20.3 Å². The van der Waals surface area contributed by atoms with E-state index in [0.29, 0.717) is 52.7 Å². The zero-order chi connectivity index (χ0) is 25.9. The first kappa shape index (κ1) is 23.3. The van der Waals surface area contributed by atoms with Crippen LogP contribution in [0.1, 0.15) is 34.5 Å². The highest BCUT2D eigenvalue weighted by Gasteiger charge is 2.47. The van der Waals surface area contributed by atoms with Crippen LogP contribution in [0.5, 0.6) is 5.75 Å². The SMILES string of the molecule is COc1ccc2c(c1)C(=O)N(C[C@]1(c3cc4nc(N5C(=O)CC[C@H]5CO)ccc4o3)CN([O-])C(=O)N1)C2. The molecule has 0 saturated carbocycles. The zero-order valence-electron chi connectivity index (χ0n) is 20.0. The molecule has 4 amide bonds. The van der Waals surface area contributed by atoms with Crippen LogP contribution in [0.4, 0.5) is 10.6 Å². The molecule has 2 N–H and O–H groups in total. The fourth-order valence-electron chi connectivity index (χ4n) is 5.37. The molecule has 192 valence electrons. The van der Waals surface area contributed by atoms with Crippen molar-refractivity contribution >= 4 is 34.8 Å². The molecule has 2 atom stereocenters. The monoisotopic (exact) mass is 506 g/mol. The number of hydrogen-bond acceptors (Lipinski definition) is 8. The van der Waals surface area contributed by atoms with Gasteiger partial charge in [0.2, 0.25) is 5.91 Å². The van der Waals surface area contributed by atoms with Crippen LogP contribution in [0.15, 0.2) is 40.8 Å². The summed E-state index contributed by atoms with van der Waals surface area (Å²) in [6.45, 7) is -0.137. The smallest absolute Gasteiger partial charge is 0.307 e. The molecule has 0 spiro atoms. The molecule has 3 aromatic rings. The number of urea groups is 1. The van der Waals surface area contributed by atoms with Crippen molar-refractivity contribution in [2.24, 2.45) is 0 Å². The van der Waals surface area contributed by atoms with Gasteiger partial charge in [0.15, 0.2) is 5.58 Å². The van der Waals surface area contributed by atoms with Gasteiger partial charge in [-0.25, -0.2) is 9.78 Å². The lowest BCUT2D eigenvalue weighted by Gasteiger charge is -2.32. The van der Waals surface area contributed by atoms with E-state index in [1.54, 1.807) is 35.2 Å². The summed E-state index contributed by atoms with van der Waals surface area (Å²) < 4.78 is 11.3. The fourth-order valence-corrected chi connectivity index (χ4v) is 5.37. The maximum absolute atomic E-state index is 13.2. The van der Waals surface area contributed by atoms with Crippen LogP contribution < -0.4 is 15.0 Å². The largest absolute Gasteiger partial charge is 0.755 e. The molecule has 0 unspecified atom stereocenters. The van der Waals surface area contributed by atoms with Gasteiger partial charge in [-0.2, -0.15) is 0 Å². The molecular weight excluding hydrogens is 482 g/mol. The number of hydrogen-bond donors (Lipinski definition) is 2. The summed E-state index contributed by atoms with van der Waals surface area (Å²) in [5, 5.41) is 25.0. The Morgan fingerprint density at radius 3 is 2.81 bits per heavy atom. The maximum Gasteiger partial charge on any atom is 0.307 e. The number of amides is 4. The number of aliphatic hydroxyl groups excluding tert-OH is 1. The van der Waals surface area contributed by atoms with Crippen LogP contribution >= 0.6 is 0 Å². The van der Waals surface area contributed by atoms with Crippen LogP contribution in [-0.2, 0) is 16.9 Å². The lowest BCUT2D eigenvalue weighted by Crippen LogP contribution is -2.50. The average molecular weight is 506 g/mol. The van der Waals surface area contributed by atoms with Gasteiger partial charge in [-0.05, 0) is 36.2 Å². The highest BCUT2D eigenvalue weighted by atomic mass is 16.5. The first-order valence-corrected chi connectivity index (χ1v) is 11.9. The maximum atomic E-state index is 13.2. The van der Waals surface area contributed by atoms with Crippen LogP contribution in [0.3, 0.4) is 0 Å². The van der Waals surface area contributed by atoms with E-state index in [-0.39, 0.29) is 43.3 Å². The minimum absolute atomic E-state index is 0.00279. The molecule has 2 fully saturated rings. The molecule has 0 bridgehead atoms. The summed E-state index contributed by atoms with van der Waals surface area (Å²) in [6.07, 6.45) is 0.868. The molecule has 0 aliphatic carbocycles. The summed E-state index contributed by atoms with van der Waals surface area (Å²) in [6, 6.07) is 8.99. The van der Waals surface area contributed by atoms with E-state index in [1.165, 1.54) is 12.0 Å². The van der Waals surface area contributed by atoms with Crippen LogP contribution in [0.2, 0.25) is 0 Å². The Bertz CT molecular complexity index is 1440. The number of aromatic nitrogens is 1. The minimum Gasteiger partial charge on any atom is -0.755 e. The second-order valence-electron chi connectivity index (χ2n) is 9.54. The molecule has 6 rings (SSSR count). The topological polar surface area (TPSA) is 152 Å². The third kappa shape index (κ3) is 3.67. The highest BCUT2D eigenvalue weighted by molar-refractivity contribution is 5.99. The van der Waals surface area contributed by atoms with Crippen molar-refractivity contribution in [3.8, 4) is 5.75 Å². The number of carbonyl (C=O) groups is 3. The van der Waals surface area contributed by atoms with E-state index in [0.717, 1.165) is 5.56 Å². The number of benzene rings is 1. The minimum atomic E-state index is -1.31. The Morgan fingerprint density at radius 2 is 2.08 bits per heavy atom. The summed E-state index contributed by atoms with van der Waals surface area (Å²) in [5.41, 5.74) is 0.821. The van der Waals surface area contributed by atoms with Crippen LogP contribution in [-0.4, -0.2) is 70.7 Å². The quantitative estimate of drug-likeness (QED) is 0.513. The number of nitrogens with one attached hydrogen (secondary N) is 1. The van der Waals surface area contributed by atoms with Crippen LogP contribution in [0.25, 0.3) is 11.1 Å². The van der Waals surface area contributed by atoms with Crippen molar-refractivity contribution in [2.75, 3.05) is 31.7 Å². The number of methoxy groups -OCH3 is 1. The van der Waals surface area contributed by atoms with Gasteiger partial charge in [0.1, 0.15) is 28.4 Å². The summed E-state index contributed by atoms with van der Waals surface area (Å²) in [7, 11) is 1.52. The molecule has 5 heterocycles. The highest BCUT2D eigenvalue weighted by Crippen LogP contribution is 2.36. The molecule has 0 radical (unpaired) electrons. The van der Waals surface area contributed by atoms with Crippen molar-refractivity contribution in [3.05, 3.63) is 58.5 Å². The Morgan fingerprint density at radius 1 is 1.24 bits per heavy atom. The van der Waals surface area contributed by atoms with Crippen molar-refractivity contribution in [1.29, 1.82) is 0 Å². The van der Waals surface area contributed by atoms with Gasteiger partial charge in [0.05, 0.1) is 26.3 Å². The number of fused-ring (bicyclic) bond motifs is 2. The van der Waals surface area contributed by atoms with E-state index >= 15 is 0 Å². The van der Waals surface area contributed by atoms with Gasteiger partial charge in [-0.3, -0.25) is 14.5 Å². The number of pyridine rings is 1. The van der Waals surface area contributed by atoms with E-state index in [2.05, 4.69) is 10.3 Å². The number of anilines is 1. The molecule has 2 aromatic heterocycles. The van der Waals surface area contributed by atoms with E-state index in [1.807, 2.05) is 6.07 Å². The summed E-state index contributed by atoms with van der Waals surface area (Å²) >= 11 is 0. The molecule has 2 saturated heterocycles. The lowest BCUT2D eigenvalue weighted by atomic mass is 9.96. The standard InChI is InChI=1S/C25H24N5O7/c1-36-16-4-2-14-10-28(23(33)17(14)8-16)12-25(13-29(35)24(34)27-25)20-9-18-19(37-20)5-6-21(26-18)30-15(11-31)3-7-22(30)32/h2,4-6,8-9,15,31H,3,7,10-13H2,1H3,(H,27,34)/q-1/t15-,25+/m0/s1. The number of rotatable bonds is 6. The Kier molecular flexibility index (Phi) is 5.31. The third-order valence-corrected chi connectivity index (χ3v) is 7.26. The first-order valence-electron chi connectivity index (χ1n) is 11.9. The average Bonchev–Trinajstić information content (AvgIpc) is 3.63. The van der Waals surface area contributed by atoms with E-state index in [4.69, 9.17) is 9.15 Å². The Hall–Kier alpha value is -4.16. The number of nitrogens with zero attached hydrogens (tertiary/aromatic N) is 4. The number of furan rings is 1. The zero-order valence-corrected chi connectivity index (χ0v) is 20.0. The second-order valence-corrected chi connectivity index (χ2v) is 9.54. The normalized spacial score (nSPS) is 23.4. The Labute approximate surface area is 211 Å². The predicted molar refractivity (Wildman–Crippen MR) is 130 cm³/mol. The summed E-state index contributed by atoms with van der Waals surface area (Å²) in [4.78, 5) is 45.5. The van der Waals surface area contributed by atoms with Gasteiger partial charge in [-0.1, -0.05) is 6.07 Å². The number of aliphatic hydroxyl groups is 1.